The molecule has 18 heavy (non-hydrogen) atoms. The van der Waals surface area contributed by atoms with Crippen molar-refractivity contribution >= 4 is 5.97 Å². The van der Waals surface area contributed by atoms with E-state index in [2.05, 4.69) is 47.6 Å². The Bertz CT molecular complexity index is 405. The Morgan fingerprint density at radius 2 is 1.22 bits per heavy atom. The summed E-state index contributed by atoms with van der Waals surface area (Å²) in [5.41, 5.74) is 2.20. The van der Waals surface area contributed by atoms with Crippen molar-refractivity contribution in [2.24, 2.45) is 0 Å². The predicted octanol–water partition coefficient (Wildman–Crippen LogP) is -0.351. The largest absolute Gasteiger partial charge is 1.00 e. The van der Waals surface area contributed by atoms with Gasteiger partial charge in [0, 0.05) is 0 Å². The molecule has 94 valence electrons. The first kappa shape index (κ1) is 18.3. The minimum absolute atomic E-state index is 0. The van der Waals surface area contributed by atoms with E-state index in [1.807, 2.05) is 0 Å². The Balaban J connectivity index is 0.00000289. The van der Waals surface area contributed by atoms with Gasteiger partial charge in [0.15, 0.2) is 0 Å². The third-order valence-electron chi connectivity index (χ3n) is 2.90. The van der Waals surface area contributed by atoms with Crippen molar-refractivity contribution in [1.29, 1.82) is 0 Å². The van der Waals surface area contributed by atoms with Crippen LogP contribution in [0.3, 0.4) is 0 Å². The Labute approximate surface area is 153 Å². The van der Waals surface area contributed by atoms with Gasteiger partial charge in [0.2, 0.25) is 0 Å². The summed E-state index contributed by atoms with van der Waals surface area (Å²) < 4.78 is 0. The Morgan fingerprint density at radius 1 is 0.889 bits per heavy atom. The molecule has 0 aliphatic carbocycles. The number of carboxylic acid groups (broad SMARTS) is 1. The molecule has 0 amide bonds. The Kier molecular flexibility index (Phi) is 6.30. The quantitative estimate of drug-likeness (QED) is 0.656. The van der Waals surface area contributed by atoms with Crippen LogP contribution in [-0.2, 0) is 10.8 Å². The molecule has 0 bridgehead atoms. The first-order chi connectivity index (χ1) is 7.51. The van der Waals surface area contributed by atoms with Gasteiger partial charge < -0.3 is 9.90 Å². The zero-order chi connectivity index (χ0) is 13.4. The van der Waals surface area contributed by atoms with Crippen molar-refractivity contribution in [3.63, 3.8) is 0 Å². The number of hydrogen-bond acceptors (Lipinski definition) is 2. The van der Waals surface area contributed by atoms with E-state index in [0.29, 0.717) is 0 Å². The number of hydrogen-bond donors (Lipinski definition) is 0. The Hall–Kier alpha value is 0.326. The van der Waals surface area contributed by atoms with Crippen LogP contribution in [-0.4, -0.2) is 5.97 Å². The second-order valence-corrected chi connectivity index (χ2v) is 6.59. The standard InChI is InChI=1S/C15H22O2.K/c1-14(2,3)11-7-10(13(16)17)8-12(9-11)15(4,5)6;/h7-9H,1-6H3,(H,16,17);/q;+1/p-1. The van der Waals surface area contributed by atoms with E-state index in [-0.39, 0.29) is 67.8 Å². The van der Waals surface area contributed by atoms with Crippen LogP contribution in [0.2, 0.25) is 0 Å². The average molecular weight is 272 g/mol. The van der Waals surface area contributed by atoms with Crippen LogP contribution in [0.5, 0.6) is 0 Å². The second kappa shape index (κ2) is 6.18. The SMILES string of the molecule is CC(C)(C)c1cc(C(=O)[O-])cc(C(C)(C)C)c1.[K+]. The van der Waals surface area contributed by atoms with Gasteiger partial charge in [0.1, 0.15) is 0 Å². The monoisotopic (exact) mass is 272 g/mol. The van der Waals surface area contributed by atoms with Crippen molar-refractivity contribution in [3.8, 4) is 0 Å². The smallest absolute Gasteiger partial charge is 0.545 e. The normalized spacial score (nSPS) is 11.9. The molecule has 0 aliphatic rings. The van der Waals surface area contributed by atoms with Crippen LogP contribution in [0.4, 0.5) is 0 Å². The van der Waals surface area contributed by atoms with Gasteiger partial charge in [-0.2, -0.15) is 0 Å². The molecule has 0 unspecified atom stereocenters. The maximum Gasteiger partial charge on any atom is 1.00 e. The number of rotatable bonds is 1. The van der Waals surface area contributed by atoms with Gasteiger partial charge in [0.05, 0.1) is 5.97 Å². The van der Waals surface area contributed by atoms with Gasteiger partial charge in [-0.05, 0) is 39.7 Å². The van der Waals surface area contributed by atoms with E-state index in [1.165, 1.54) is 0 Å². The molecule has 0 fully saturated rings. The van der Waals surface area contributed by atoms with Gasteiger partial charge >= 0.3 is 51.4 Å². The summed E-state index contributed by atoms with van der Waals surface area (Å²) in [7, 11) is 0. The number of aromatic carboxylic acids is 1. The van der Waals surface area contributed by atoms with Crippen LogP contribution in [0, 0.1) is 0 Å². The topological polar surface area (TPSA) is 40.1 Å². The molecule has 0 saturated heterocycles. The summed E-state index contributed by atoms with van der Waals surface area (Å²) in [5, 5.41) is 11.0. The van der Waals surface area contributed by atoms with E-state index in [4.69, 9.17) is 0 Å². The first-order valence-corrected chi connectivity index (χ1v) is 5.89. The number of benzene rings is 1. The molecular formula is C15H21KO2. The number of carbonyl (C=O) groups is 1. The second-order valence-electron chi connectivity index (χ2n) is 6.59. The fraction of sp³-hybridized carbons (Fsp3) is 0.533. The summed E-state index contributed by atoms with van der Waals surface area (Å²) in [6.45, 7) is 12.5. The predicted molar refractivity (Wildman–Crippen MR) is 68.2 cm³/mol. The van der Waals surface area contributed by atoms with Crippen molar-refractivity contribution in [2.75, 3.05) is 0 Å². The molecule has 0 N–H and O–H groups in total. The molecule has 0 saturated carbocycles. The van der Waals surface area contributed by atoms with Crippen LogP contribution < -0.4 is 56.5 Å². The molecule has 0 aliphatic heterocycles. The van der Waals surface area contributed by atoms with E-state index < -0.39 is 5.97 Å². The number of carboxylic acids is 1. The summed E-state index contributed by atoms with van der Waals surface area (Å²) in [4.78, 5) is 11.0. The van der Waals surface area contributed by atoms with E-state index in [0.717, 1.165) is 11.1 Å². The average Bonchev–Trinajstić information content (AvgIpc) is 2.14. The molecule has 1 aromatic carbocycles. The minimum Gasteiger partial charge on any atom is -0.545 e. The van der Waals surface area contributed by atoms with Crippen molar-refractivity contribution < 1.29 is 61.3 Å². The van der Waals surface area contributed by atoms with Gasteiger partial charge in [-0.15, -0.1) is 0 Å². The fourth-order valence-electron chi connectivity index (χ4n) is 1.61. The zero-order valence-corrected chi connectivity index (χ0v) is 15.7. The van der Waals surface area contributed by atoms with Crippen LogP contribution >= 0.6 is 0 Å². The fourth-order valence-corrected chi connectivity index (χ4v) is 1.61. The molecule has 0 aromatic heterocycles. The Morgan fingerprint density at radius 3 is 1.44 bits per heavy atom. The summed E-state index contributed by atoms with van der Waals surface area (Å²) in [6.07, 6.45) is 0. The van der Waals surface area contributed by atoms with E-state index in [1.54, 1.807) is 12.1 Å². The summed E-state index contributed by atoms with van der Waals surface area (Å²) in [6, 6.07) is 5.52. The van der Waals surface area contributed by atoms with Crippen molar-refractivity contribution in [1.82, 2.24) is 0 Å². The van der Waals surface area contributed by atoms with Crippen molar-refractivity contribution in [3.05, 3.63) is 34.9 Å². The minimum atomic E-state index is -1.11. The van der Waals surface area contributed by atoms with E-state index >= 15 is 0 Å². The van der Waals surface area contributed by atoms with Crippen LogP contribution in [0.1, 0.15) is 63.0 Å². The maximum absolute atomic E-state index is 11.0. The number of carbonyl (C=O) groups excluding carboxylic acids is 1. The van der Waals surface area contributed by atoms with Crippen LogP contribution in [0.15, 0.2) is 18.2 Å². The third kappa shape index (κ3) is 4.78. The molecule has 1 aromatic rings. The van der Waals surface area contributed by atoms with Gasteiger partial charge in [-0.3, -0.25) is 0 Å². The van der Waals surface area contributed by atoms with E-state index in [9.17, 15) is 9.90 Å². The maximum atomic E-state index is 11.0. The first-order valence-electron chi connectivity index (χ1n) is 5.89. The molecule has 0 spiro atoms. The zero-order valence-electron chi connectivity index (χ0n) is 12.5. The van der Waals surface area contributed by atoms with Crippen LogP contribution in [0.25, 0.3) is 0 Å². The molecule has 0 radical (unpaired) electrons. The molecule has 0 atom stereocenters. The molecule has 0 heterocycles. The van der Waals surface area contributed by atoms with Gasteiger partial charge in [0.25, 0.3) is 0 Å². The summed E-state index contributed by atoms with van der Waals surface area (Å²) in [5.74, 6) is -1.11. The van der Waals surface area contributed by atoms with Gasteiger partial charge in [-0.25, -0.2) is 0 Å². The molecule has 1 rings (SSSR count). The third-order valence-corrected chi connectivity index (χ3v) is 2.90. The molecule has 2 nitrogen and oxygen atoms in total. The van der Waals surface area contributed by atoms with Crippen molar-refractivity contribution in [2.45, 2.75) is 52.4 Å². The molecule has 3 heteroatoms. The molecular weight excluding hydrogens is 251 g/mol. The van der Waals surface area contributed by atoms with Gasteiger partial charge in [-0.1, -0.05) is 47.6 Å². The summed E-state index contributed by atoms with van der Waals surface area (Å²) >= 11 is 0.